The van der Waals surface area contributed by atoms with E-state index in [1.807, 2.05) is 6.92 Å². The Bertz CT molecular complexity index is 423. The molecular weight excluding hydrogens is 196 g/mol. The van der Waals surface area contributed by atoms with Crippen molar-refractivity contribution in [3.8, 4) is 5.75 Å². The van der Waals surface area contributed by atoms with Gasteiger partial charge in [-0.1, -0.05) is 6.92 Å². The van der Waals surface area contributed by atoms with E-state index in [2.05, 4.69) is 10.3 Å². The van der Waals surface area contributed by atoms with Crippen LogP contribution < -0.4 is 10.9 Å². The average Bonchev–Trinajstić information content (AvgIpc) is 2.19. The van der Waals surface area contributed by atoms with Gasteiger partial charge in [0.2, 0.25) is 0 Å². The lowest BCUT2D eigenvalue weighted by Gasteiger charge is -2.05. The fourth-order valence-electron chi connectivity index (χ4n) is 1.19. The van der Waals surface area contributed by atoms with Gasteiger partial charge in [0, 0.05) is 12.2 Å². The smallest absolute Gasteiger partial charge is 0.291 e. The summed E-state index contributed by atoms with van der Waals surface area (Å²) in [6.07, 6.45) is 0.800. The van der Waals surface area contributed by atoms with Gasteiger partial charge in [-0.2, -0.15) is 0 Å². The Morgan fingerprint density at radius 3 is 2.87 bits per heavy atom. The van der Waals surface area contributed by atoms with E-state index in [4.69, 9.17) is 0 Å². The summed E-state index contributed by atoms with van der Waals surface area (Å²) in [7, 11) is 0. The number of carbonyl (C=O) groups is 1. The van der Waals surface area contributed by atoms with Crippen LogP contribution >= 0.6 is 0 Å². The summed E-state index contributed by atoms with van der Waals surface area (Å²) >= 11 is 0. The lowest BCUT2D eigenvalue weighted by molar-refractivity contribution is 0.0950. The van der Waals surface area contributed by atoms with Crippen LogP contribution in [0.2, 0.25) is 0 Å². The Morgan fingerprint density at radius 1 is 1.60 bits per heavy atom. The Balaban J connectivity index is 3.03. The molecule has 0 saturated heterocycles. The number of pyridine rings is 1. The number of rotatable bonds is 3. The summed E-state index contributed by atoms with van der Waals surface area (Å²) in [6, 6.07) is 1.45. The van der Waals surface area contributed by atoms with Gasteiger partial charge < -0.3 is 15.4 Å². The molecule has 0 aliphatic heterocycles. The highest BCUT2D eigenvalue weighted by molar-refractivity contribution is 5.96. The van der Waals surface area contributed by atoms with Gasteiger partial charge in [-0.25, -0.2) is 0 Å². The molecule has 1 aromatic heterocycles. The molecule has 0 bridgehead atoms. The number of aromatic nitrogens is 1. The molecule has 15 heavy (non-hydrogen) atoms. The van der Waals surface area contributed by atoms with E-state index >= 15 is 0 Å². The number of aryl methyl sites for hydroxylation is 1. The Kier molecular flexibility index (Phi) is 3.49. The average molecular weight is 210 g/mol. The van der Waals surface area contributed by atoms with Crippen LogP contribution in [0, 0.1) is 6.92 Å². The van der Waals surface area contributed by atoms with Crippen LogP contribution in [0.1, 0.15) is 29.4 Å². The summed E-state index contributed by atoms with van der Waals surface area (Å²) in [5.74, 6) is -0.960. The second kappa shape index (κ2) is 4.63. The van der Waals surface area contributed by atoms with Crippen LogP contribution in [0.4, 0.5) is 0 Å². The Labute approximate surface area is 87.1 Å². The van der Waals surface area contributed by atoms with Crippen molar-refractivity contribution in [2.75, 3.05) is 6.54 Å². The summed E-state index contributed by atoms with van der Waals surface area (Å²) < 4.78 is 0. The van der Waals surface area contributed by atoms with E-state index in [0.717, 1.165) is 6.42 Å². The molecule has 1 rings (SSSR count). The fourth-order valence-corrected chi connectivity index (χ4v) is 1.19. The highest BCUT2D eigenvalue weighted by atomic mass is 16.3. The number of aromatic hydroxyl groups is 1. The molecule has 5 heteroatoms. The van der Waals surface area contributed by atoms with Gasteiger partial charge in [0.1, 0.15) is 0 Å². The molecule has 0 atom stereocenters. The van der Waals surface area contributed by atoms with Gasteiger partial charge in [-0.15, -0.1) is 0 Å². The largest absolute Gasteiger partial charge is 0.502 e. The molecule has 5 nitrogen and oxygen atoms in total. The molecule has 0 spiro atoms. The minimum Gasteiger partial charge on any atom is -0.502 e. The molecule has 1 heterocycles. The maximum atomic E-state index is 11.5. The van der Waals surface area contributed by atoms with Crippen LogP contribution in [0.3, 0.4) is 0 Å². The van der Waals surface area contributed by atoms with E-state index in [9.17, 15) is 14.7 Å². The predicted octanol–water partition coefficient (Wildman–Crippen LogP) is 0.529. The van der Waals surface area contributed by atoms with E-state index in [1.165, 1.54) is 6.07 Å². The first-order valence-electron chi connectivity index (χ1n) is 4.77. The van der Waals surface area contributed by atoms with Gasteiger partial charge in [0.25, 0.3) is 11.5 Å². The van der Waals surface area contributed by atoms with Crippen LogP contribution in [-0.4, -0.2) is 22.5 Å². The topological polar surface area (TPSA) is 82.2 Å². The highest BCUT2D eigenvalue weighted by Gasteiger charge is 2.13. The van der Waals surface area contributed by atoms with Crippen molar-refractivity contribution < 1.29 is 9.90 Å². The van der Waals surface area contributed by atoms with Crippen molar-refractivity contribution in [2.45, 2.75) is 20.3 Å². The van der Waals surface area contributed by atoms with E-state index < -0.39 is 17.2 Å². The van der Waals surface area contributed by atoms with Gasteiger partial charge in [-0.05, 0) is 19.4 Å². The third kappa shape index (κ3) is 2.59. The Morgan fingerprint density at radius 2 is 2.27 bits per heavy atom. The van der Waals surface area contributed by atoms with E-state index in [0.29, 0.717) is 12.2 Å². The first-order chi connectivity index (χ1) is 7.06. The maximum Gasteiger partial charge on any atom is 0.291 e. The summed E-state index contributed by atoms with van der Waals surface area (Å²) in [4.78, 5) is 25.1. The SMILES string of the molecule is CCCNC(=O)c1cc(C)[nH]c(=O)c1O. The first kappa shape index (κ1) is 11.3. The second-order valence-electron chi connectivity index (χ2n) is 3.30. The predicted molar refractivity (Wildman–Crippen MR) is 56.1 cm³/mol. The number of hydrogen-bond donors (Lipinski definition) is 3. The van der Waals surface area contributed by atoms with Crippen LogP contribution in [-0.2, 0) is 0 Å². The number of H-pyrrole nitrogens is 1. The molecule has 0 saturated carbocycles. The van der Waals surface area contributed by atoms with Gasteiger partial charge in [0.15, 0.2) is 5.75 Å². The van der Waals surface area contributed by atoms with Crippen molar-refractivity contribution in [2.24, 2.45) is 0 Å². The lowest BCUT2D eigenvalue weighted by atomic mass is 10.2. The zero-order valence-electron chi connectivity index (χ0n) is 8.76. The lowest BCUT2D eigenvalue weighted by Crippen LogP contribution is -2.26. The molecule has 0 aliphatic carbocycles. The normalized spacial score (nSPS) is 10.0. The van der Waals surface area contributed by atoms with Gasteiger partial charge >= 0.3 is 0 Å². The number of carbonyl (C=O) groups excluding carboxylic acids is 1. The van der Waals surface area contributed by atoms with Crippen molar-refractivity contribution in [1.82, 2.24) is 10.3 Å². The third-order valence-corrected chi connectivity index (χ3v) is 1.92. The minimum absolute atomic E-state index is 0.0182. The molecule has 0 radical (unpaired) electrons. The zero-order valence-corrected chi connectivity index (χ0v) is 8.76. The molecule has 1 aromatic rings. The molecule has 0 fully saturated rings. The number of aromatic amines is 1. The number of amides is 1. The molecule has 0 unspecified atom stereocenters. The molecule has 82 valence electrons. The molecule has 3 N–H and O–H groups in total. The standard InChI is InChI=1S/C10H14N2O3/c1-3-4-11-9(14)7-5-6(2)12-10(15)8(7)13/h5,13H,3-4H2,1-2H3,(H,11,14)(H,12,15). The van der Waals surface area contributed by atoms with Gasteiger partial charge in [-0.3, -0.25) is 9.59 Å². The quantitative estimate of drug-likeness (QED) is 0.680. The molecular formula is C10H14N2O3. The van der Waals surface area contributed by atoms with Crippen molar-refractivity contribution >= 4 is 5.91 Å². The first-order valence-corrected chi connectivity index (χ1v) is 4.77. The maximum absolute atomic E-state index is 11.5. The second-order valence-corrected chi connectivity index (χ2v) is 3.30. The highest BCUT2D eigenvalue weighted by Crippen LogP contribution is 2.10. The number of nitrogens with one attached hydrogen (secondary N) is 2. The fraction of sp³-hybridized carbons (Fsp3) is 0.400. The van der Waals surface area contributed by atoms with Crippen molar-refractivity contribution in [3.63, 3.8) is 0 Å². The van der Waals surface area contributed by atoms with E-state index in [-0.39, 0.29) is 5.56 Å². The van der Waals surface area contributed by atoms with Crippen molar-refractivity contribution in [3.05, 3.63) is 27.7 Å². The number of hydrogen-bond acceptors (Lipinski definition) is 3. The van der Waals surface area contributed by atoms with Crippen molar-refractivity contribution in [1.29, 1.82) is 0 Å². The summed E-state index contributed by atoms with van der Waals surface area (Å²) in [5.41, 5.74) is -0.0826. The third-order valence-electron chi connectivity index (χ3n) is 1.92. The minimum atomic E-state index is -0.642. The van der Waals surface area contributed by atoms with Gasteiger partial charge in [0.05, 0.1) is 5.56 Å². The van der Waals surface area contributed by atoms with Crippen LogP contribution in [0.15, 0.2) is 10.9 Å². The molecule has 1 amide bonds. The summed E-state index contributed by atoms with van der Waals surface area (Å²) in [5, 5.41) is 12.0. The Hall–Kier alpha value is -1.78. The zero-order chi connectivity index (χ0) is 11.4. The van der Waals surface area contributed by atoms with E-state index in [1.54, 1.807) is 6.92 Å². The molecule has 0 aliphatic rings. The molecule has 0 aromatic carbocycles. The van der Waals surface area contributed by atoms with Crippen LogP contribution in [0.25, 0.3) is 0 Å². The van der Waals surface area contributed by atoms with Crippen LogP contribution in [0.5, 0.6) is 5.75 Å². The summed E-state index contributed by atoms with van der Waals surface area (Å²) in [6.45, 7) is 4.09. The monoisotopic (exact) mass is 210 g/mol.